The van der Waals surface area contributed by atoms with Crippen LogP contribution in [-0.2, 0) is 4.79 Å². The van der Waals surface area contributed by atoms with Gasteiger partial charge in [-0.3, -0.25) is 4.79 Å². The van der Waals surface area contributed by atoms with Crippen LogP contribution in [0.15, 0.2) is 30.3 Å². The molecule has 0 N–H and O–H groups in total. The van der Waals surface area contributed by atoms with Crippen molar-refractivity contribution in [3.05, 3.63) is 30.3 Å². The Balaban J connectivity index is 2.27. The molecule has 18 heavy (non-hydrogen) atoms. The maximum Gasteiger partial charge on any atom is 0.233 e. The molecule has 4 heteroatoms. The van der Waals surface area contributed by atoms with E-state index in [9.17, 15) is 4.79 Å². The van der Waals surface area contributed by atoms with Gasteiger partial charge in [-0.25, -0.2) is 0 Å². The fourth-order valence-corrected chi connectivity index (χ4v) is 3.16. The van der Waals surface area contributed by atoms with Gasteiger partial charge < -0.3 is 4.90 Å². The molecule has 0 bridgehead atoms. The van der Waals surface area contributed by atoms with E-state index in [4.69, 9.17) is 23.2 Å². The van der Waals surface area contributed by atoms with Crippen molar-refractivity contribution in [1.29, 1.82) is 0 Å². The van der Waals surface area contributed by atoms with Gasteiger partial charge in [0.1, 0.15) is 4.84 Å². The fraction of sp³-hybridized carbons (Fsp3) is 0.500. The summed E-state index contributed by atoms with van der Waals surface area (Å²) in [6.07, 6.45) is 0.499. The number of hydrogen-bond donors (Lipinski definition) is 0. The van der Waals surface area contributed by atoms with Gasteiger partial charge in [-0.1, -0.05) is 32.0 Å². The van der Waals surface area contributed by atoms with Gasteiger partial charge >= 0.3 is 0 Å². The number of alkyl halides is 2. The smallest absolute Gasteiger partial charge is 0.233 e. The second-order valence-corrected chi connectivity index (χ2v) is 6.44. The molecule has 98 valence electrons. The van der Waals surface area contributed by atoms with Crippen LogP contribution in [0.25, 0.3) is 0 Å². The van der Waals surface area contributed by atoms with Gasteiger partial charge in [0.15, 0.2) is 0 Å². The summed E-state index contributed by atoms with van der Waals surface area (Å²) in [7, 11) is 0. The zero-order chi connectivity index (χ0) is 13.3. The first kappa shape index (κ1) is 13.7. The highest BCUT2D eigenvalue weighted by Gasteiger charge is 2.49. The number of anilines is 1. The Kier molecular flexibility index (Phi) is 3.88. The molecule has 2 nitrogen and oxygen atoms in total. The minimum atomic E-state index is -0.503. The number of carbonyl (C=O) groups excluding carboxylic acids is 1. The largest absolute Gasteiger partial charge is 0.312 e. The lowest BCUT2D eigenvalue weighted by Crippen LogP contribution is -2.35. The van der Waals surface area contributed by atoms with E-state index in [0.29, 0.717) is 6.42 Å². The minimum Gasteiger partial charge on any atom is -0.312 e. The van der Waals surface area contributed by atoms with E-state index in [2.05, 4.69) is 6.92 Å². The number of benzene rings is 1. The van der Waals surface area contributed by atoms with Crippen molar-refractivity contribution < 1.29 is 4.79 Å². The first-order valence-electron chi connectivity index (χ1n) is 6.10. The van der Waals surface area contributed by atoms with E-state index >= 15 is 0 Å². The van der Waals surface area contributed by atoms with Gasteiger partial charge in [0, 0.05) is 12.2 Å². The number of hydrogen-bond acceptors (Lipinski definition) is 1. The maximum atomic E-state index is 12.6. The Hall–Kier alpha value is -0.730. The van der Waals surface area contributed by atoms with Gasteiger partial charge in [0.2, 0.25) is 5.91 Å². The second-order valence-electron chi connectivity index (χ2n) is 5.17. The standard InChI is InChI=1S/C14H17Cl2NO/c1-10-9-17(11-6-4-3-5-7-11)13(18)14(10,2)8-12(15)16/h3-7,10,12H,8-9H2,1-2H3/t10-,14-/m1/s1. The zero-order valence-corrected chi connectivity index (χ0v) is 12.1. The average Bonchev–Trinajstić information content (AvgIpc) is 2.54. The molecule has 0 radical (unpaired) electrons. The van der Waals surface area contributed by atoms with Gasteiger partial charge in [-0.2, -0.15) is 0 Å². The summed E-state index contributed by atoms with van der Waals surface area (Å²) in [4.78, 5) is 13.9. The monoisotopic (exact) mass is 285 g/mol. The van der Waals surface area contributed by atoms with Crippen LogP contribution in [0.2, 0.25) is 0 Å². The fourth-order valence-electron chi connectivity index (χ4n) is 2.52. The molecule has 0 aliphatic carbocycles. The highest BCUT2D eigenvalue weighted by atomic mass is 35.5. The number of rotatable bonds is 3. The van der Waals surface area contributed by atoms with E-state index < -0.39 is 10.3 Å². The Morgan fingerprint density at radius 2 is 2.00 bits per heavy atom. The number of halogens is 2. The van der Waals surface area contributed by atoms with Crippen molar-refractivity contribution in [2.24, 2.45) is 11.3 Å². The van der Waals surface area contributed by atoms with Gasteiger partial charge in [-0.15, -0.1) is 23.2 Å². The molecular weight excluding hydrogens is 269 g/mol. The van der Waals surface area contributed by atoms with Crippen LogP contribution >= 0.6 is 23.2 Å². The second kappa shape index (κ2) is 5.10. The van der Waals surface area contributed by atoms with Crippen LogP contribution in [0.3, 0.4) is 0 Å². The van der Waals surface area contributed by atoms with E-state index in [1.807, 2.05) is 42.2 Å². The van der Waals surface area contributed by atoms with Crippen LogP contribution in [-0.4, -0.2) is 17.3 Å². The van der Waals surface area contributed by atoms with E-state index in [0.717, 1.165) is 12.2 Å². The van der Waals surface area contributed by atoms with Crippen molar-refractivity contribution in [2.75, 3.05) is 11.4 Å². The van der Waals surface area contributed by atoms with E-state index in [1.54, 1.807) is 0 Å². The van der Waals surface area contributed by atoms with Crippen molar-refractivity contribution >= 4 is 34.8 Å². The third-order valence-corrected chi connectivity index (χ3v) is 4.23. The molecule has 2 atom stereocenters. The summed E-state index contributed by atoms with van der Waals surface area (Å²) in [5, 5.41) is 0. The number of amides is 1. The van der Waals surface area contributed by atoms with Crippen LogP contribution in [0.1, 0.15) is 20.3 Å². The molecule has 1 amide bonds. The van der Waals surface area contributed by atoms with Crippen molar-refractivity contribution in [3.63, 3.8) is 0 Å². The van der Waals surface area contributed by atoms with Crippen LogP contribution in [0.5, 0.6) is 0 Å². The molecule has 0 aromatic heterocycles. The Bertz CT molecular complexity index is 435. The molecule has 0 spiro atoms. The van der Waals surface area contributed by atoms with Crippen LogP contribution in [0, 0.1) is 11.3 Å². The molecule has 1 aliphatic rings. The summed E-state index contributed by atoms with van der Waals surface area (Å²) >= 11 is 11.7. The van der Waals surface area contributed by atoms with Gasteiger partial charge in [0.05, 0.1) is 5.41 Å². The van der Waals surface area contributed by atoms with E-state index in [1.165, 1.54) is 0 Å². The number of para-hydroxylation sites is 1. The topological polar surface area (TPSA) is 20.3 Å². The Labute approximate surface area is 118 Å². The first-order valence-corrected chi connectivity index (χ1v) is 6.97. The molecule has 1 fully saturated rings. The lowest BCUT2D eigenvalue weighted by Gasteiger charge is -2.26. The zero-order valence-electron chi connectivity index (χ0n) is 10.6. The molecule has 0 saturated carbocycles. The molecule has 2 rings (SSSR count). The van der Waals surface area contributed by atoms with Crippen molar-refractivity contribution in [2.45, 2.75) is 25.1 Å². The Morgan fingerprint density at radius 1 is 1.39 bits per heavy atom. The molecule has 1 aromatic rings. The predicted molar refractivity (Wildman–Crippen MR) is 76.2 cm³/mol. The van der Waals surface area contributed by atoms with Crippen LogP contribution < -0.4 is 4.90 Å². The van der Waals surface area contributed by atoms with Crippen LogP contribution in [0.4, 0.5) is 5.69 Å². The normalized spacial score (nSPS) is 28.2. The Morgan fingerprint density at radius 3 is 2.56 bits per heavy atom. The van der Waals surface area contributed by atoms with Crippen molar-refractivity contribution in [1.82, 2.24) is 0 Å². The molecule has 1 aliphatic heterocycles. The van der Waals surface area contributed by atoms with Gasteiger partial charge in [0.25, 0.3) is 0 Å². The predicted octanol–water partition coefficient (Wildman–Crippen LogP) is 3.87. The number of nitrogens with zero attached hydrogens (tertiary/aromatic N) is 1. The van der Waals surface area contributed by atoms with Gasteiger partial charge in [-0.05, 0) is 24.5 Å². The minimum absolute atomic E-state index is 0.118. The summed E-state index contributed by atoms with van der Waals surface area (Å²) in [5.74, 6) is 0.359. The summed E-state index contributed by atoms with van der Waals surface area (Å²) in [5.41, 5.74) is 0.475. The summed E-state index contributed by atoms with van der Waals surface area (Å²) in [6, 6.07) is 9.73. The summed E-state index contributed by atoms with van der Waals surface area (Å²) < 4.78 is 0. The SMILES string of the molecule is C[C@@H]1CN(c2ccccc2)C(=O)[C@]1(C)CC(Cl)Cl. The lowest BCUT2D eigenvalue weighted by molar-refractivity contribution is -0.126. The third kappa shape index (κ3) is 2.36. The highest BCUT2D eigenvalue weighted by Crippen LogP contribution is 2.43. The quantitative estimate of drug-likeness (QED) is 0.772. The number of carbonyl (C=O) groups is 1. The highest BCUT2D eigenvalue weighted by molar-refractivity contribution is 6.44. The lowest BCUT2D eigenvalue weighted by atomic mass is 9.78. The van der Waals surface area contributed by atoms with E-state index in [-0.39, 0.29) is 11.8 Å². The third-order valence-electron chi connectivity index (χ3n) is 3.92. The molecule has 1 aromatic carbocycles. The maximum absolute atomic E-state index is 12.6. The average molecular weight is 286 g/mol. The molecule has 1 heterocycles. The molecule has 0 unspecified atom stereocenters. The first-order chi connectivity index (χ1) is 8.45. The molecular formula is C14H17Cl2NO. The summed E-state index contributed by atoms with van der Waals surface area (Å²) in [6.45, 7) is 4.76. The molecule has 1 saturated heterocycles. The van der Waals surface area contributed by atoms with Crippen molar-refractivity contribution in [3.8, 4) is 0 Å².